The molecule has 0 saturated carbocycles. The summed E-state index contributed by atoms with van der Waals surface area (Å²) in [5.41, 5.74) is 1.72. The highest BCUT2D eigenvalue weighted by Crippen LogP contribution is 2.28. The van der Waals surface area contributed by atoms with Crippen molar-refractivity contribution in [1.29, 1.82) is 0 Å². The van der Waals surface area contributed by atoms with Crippen LogP contribution in [0.1, 0.15) is 17.0 Å². The second-order valence-electron chi connectivity index (χ2n) is 2.88. The van der Waals surface area contributed by atoms with E-state index in [0.717, 1.165) is 11.1 Å². The zero-order valence-corrected chi connectivity index (χ0v) is 8.85. The number of carbonyl (C=O) groups is 1. The Labute approximate surface area is 89.5 Å². The third-order valence-corrected chi connectivity index (χ3v) is 3.40. The van der Waals surface area contributed by atoms with Gasteiger partial charge in [0.25, 0.3) is 0 Å². The Morgan fingerprint density at radius 1 is 1.14 bits per heavy atom. The third kappa shape index (κ3) is 1.71. The molecule has 0 spiro atoms. The van der Waals surface area contributed by atoms with Crippen molar-refractivity contribution in [3.63, 3.8) is 0 Å². The maximum absolute atomic E-state index is 11.1. The lowest BCUT2D eigenvalue weighted by Crippen LogP contribution is -2.11. The van der Waals surface area contributed by atoms with Gasteiger partial charge >= 0.3 is 5.97 Å². The van der Waals surface area contributed by atoms with E-state index in [-0.39, 0.29) is 0 Å². The molecule has 0 fully saturated rings. The Balaban J connectivity index is 2.40. The van der Waals surface area contributed by atoms with Gasteiger partial charge in [-0.25, -0.2) is 0 Å². The van der Waals surface area contributed by atoms with Crippen LogP contribution in [0, 0.1) is 0 Å². The fourth-order valence-electron chi connectivity index (χ4n) is 1.36. The van der Waals surface area contributed by atoms with Gasteiger partial charge in [0.05, 0.1) is 0 Å². The molecule has 0 radical (unpaired) electrons. The number of hydrogen-bond donors (Lipinski definition) is 1. The summed E-state index contributed by atoms with van der Waals surface area (Å²) in [5.74, 6) is -1.30. The van der Waals surface area contributed by atoms with Crippen LogP contribution in [0.15, 0.2) is 33.7 Å². The molecular weight excluding hydrogens is 216 g/mol. The first-order valence-electron chi connectivity index (χ1n) is 4.06. The van der Waals surface area contributed by atoms with Gasteiger partial charge in [0, 0.05) is 0 Å². The molecule has 1 N–H and O–H groups in total. The molecule has 0 saturated heterocycles. The minimum absolute atomic E-state index is 0.507. The zero-order chi connectivity index (χ0) is 9.97. The molecule has 72 valence electrons. The van der Waals surface area contributed by atoms with Crippen LogP contribution in [0.3, 0.4) is 0 Å². The molecule has 0 unspecified atom stereocenters. The zero-order valence-electron chi connectivity index (χ0n) is 7.21. The third-order valence-electron chi connectivity index (χ3n) is 2.00. The monoisotopic (exact) mass is 224 g/mol. The Kier molecular flexibility index (Phi) is 2.65. The smallest absolute Gasteiger partial charge is 0.315 e. The predicted molar refractivity (Wildman–Crippen MR) is 58.1 cm³/mol. The molecule has 0 bridgehead atoms. The van der Waals surface area contributed by atoms with Gasteiger partial charge in [-0.3, -0.25) is 4.79 Å². The second kappa shape index (κ2) is 3.94. The van der Waals surface area contributed by atoms with Crippen LogP contribution in [0.5, 0.6) is 0 Å². The number of thiophene rings is 2. The molecule has 0 atom stereocenters. The van der Waals surface area contributed by atoms with E-state index in [1.165, 1.54) is 22.7 Å². The van der Waals surface area contributed by atoms with E-state index >= 15 is 0 Å². The number of carboxylic acid groups (broad SMARTS) is 1. The molecule has 0 amide bonds. The molecule has 14 heavy (non-hydrogen) atoms. The summed E-state index contributed by atoms with van der Waals surface area (Å²) in [5, 5.41) is 16.7. The first kappa shape index (κ1) is 9.43. The van der Waals surface area contributed by atoms with Gasteiger partial charge in [0.15, 0.2) is 0 Å². The topological polar surface area (TPSA) is 37.3 Å². The maximum Gasteiger partial charge on any atom is 0.315 e. The average Bonchev–Trinajstić information content (AvgIpc) is 2.75. The molecule has 4 heteroatoms. The Morgan fingerprint density at radius 3 is 1.93 bits per heavy atom. The standard InChI is InChI=1S/C10H8O2S2/c11-10(12)9(7-1-3-13-5-7)8-2-4-14-6-8/h1-6,9H,(H,11,12). The summed E-state index contributed by atoms with van der Waals surface area (Å²) < 4.78 is 0. The summed E-state index contributed by atoms with van der Waals surface area (Å²) in [7, 11) is 0. The lowest BCUT2D eigenvalue weighted by molar-refractivity contribution is -0.137. The van der Waals surface area contributed by atoms with Gasteiger partial charge in [-0.15, -0.1) is 0 Å². The molecule has 2 aromatic heterocycles. The first-order chi connectivity index (χ1) is 6.79. The van der Waals surface area contributed by atoms with Crippen LogP contribution in [0.4, 0.5) is 0 Å². The highest BCUT2D eigenvalue weighted by Gasteiger charge is 2.22. The van der Waals surface area contributed by atoms with Gasteiger partial charge in [-0.1, -0.05) is 0 Å². The van der Waals surface area contributed by atoms with Crippen LogP contribution in [-0.4, -0.2) is 11.1 Å². The SMILES string of the molecule is O=C(O)C(c1ccsc1)c1ccsc1. The van der Waals surface area contributed by atoms with E-state index < -0.39 is 11.9 Å². The van der Waals surface area contributed by atoms with E-state index in [9.17, 15) is 4.79 Å². The highest BCUT2D eigenvalue weighted by molar-refractivity contribution is 7.08. The van der Waals surface area contributed by atoms with E-state index in [1.807, 2.05) is 33.7 Å². The van der Waals surface area contributed by atoms with E-state index in [1.54, 1.807) is 0 Å². The van der Waals surface area contributed by atoms with E-state index in [4.69, 9.17) is 5.11 Å². The van der Waals surface area contributed by atoms with Crippen LogP contribution in [0.2, 0.25) is 0 Å². The molecule has 2 nitrogen and oxygen atoms in total. The van der Waals surface area contributed by atoms with Crippen molar-refractivity contribution >= 4 is 28.6 Å². The van der Waals surface area contributed by atoms with E-state index in [0.29, 0.717) is 0 Å². The van der Waals surface area contributed by atoms with Crippen molar-refractivity contribution < 1.29 is 9.90 Å². The van der Waals surface area contributed by atoms with Gasteiger partial charge in [0.1, 0.15) is 5.92 Å². The van der Waals surface area contributed by atoms with Gasteiger partial charge in [-0.2, -0.15) is 22.7 Å². The molecule has 0 aliphatic heterocycles. The van der Waals surface area contributed by atoms with Crippen LogP contribution < -0.4 is 0 Å². The Hall–Kier alpha value is -1.13. The largest absolute Gasteiger partial charge is 0.481 e. The summed E-state index contributed by atoms with van der Waals surface area (Å²) >= 11 is 3.05. The average molecular weight is 224 g/mol. The van der Waals surface area contributed by atoms with Gasteiger partial charge < -0.3 is 5.11 Å². The van der Waals surface area contributed by atoms with Crippen molar-refractivity contribution in [1.82, 2.24) is 0 Å². The molecule has 2 heterocycles. The van der Waals surface area contributed by atoms with Crippen molar-refractivity contribution in [2.24, 2.45) is 0 Å². The fraction of sp³-hybridized carbons (Fsp3) is 0.100. The lowest BCUT2D eigenvalue weighted by Gasteiger charge is -2.07. The second-order valence-corrected chi connectivity index (χ2v) is 4.44. The summed E-state index contributed by atoms with van der Waals surface area (Å²) in [4.78, 5) is 11.1. The maximum atomic E-state index is 11.1. The molecule has 0 aliphatic rings. The summed E-state index contributed by atoms with van der Waals surface area (Å²) in [6.45, 7) is 0. The van der Waals surface area contributed by atoms with Crippen molar-refractivity contribution in [3.8, 4) is 0 Å². The van der Waals surface area contributed by atoms with Crippen molar-refractivity contribution in [2.45, 2.75) is 5.92 Å². The number of rotatable bonds is 3. The Bertz CT molecular complexity index is 369. The molecule has 2 aromatic rings. The highest BCUT2D eigenvalue weighted by atomic mass is 32.1. The Morgan fingerprint density at radius 2 is 1.64 bits per heavy atom. The van der Waals surface area contributed by atoms with Crippen LogP contribution in [0.25, 0.3) is 0 Å². The summed E-state index contributed by atoms with van der Waals surface area (Å²) in [6, 6.07) is 3.72. The molecule has 2 rings (SSSR count). The van der Waals surface area contributed by atoms with Crippen molar-refractivity contribution in [3.05, 3.63) is 44.8 Å². The first-order valence-corrected chi connectivity index (χ1v) is 5.94. The molecular formula is C10H8O2S2. The minimum Gasteiger partial charge on any atom is -0.481 e. The van der Waals surface area contributed by atoms with Gasteiger partial charge in [0.2, 0.25) is 0 Å². The molecule has 0 aliphatic carbocycles. The predicted octanol–water partition coefficient (Wildman–Crippen LogP) is 3.03. The lowest BCUT2D eigenvalue weighted by atomic mass is 9.96. The van der Waals surface area contributed by atoms with Crippen LogP contribution >= 0.6 is 22.7 Å². The number of carboxylic acids is 1. The number of aliphatic carboxylic acids is 1. The quantitative estimate of drug-likeness (QED) is 0.870. The van der Waals surface area contributed by atoms with Crippen LogP contribution in [-0.2, 0) is 4.79 Å². The molecule has 0 aromatic carbocycles. The summed E-state index contributed by atoms with van der Waals surface area (Å²) in [6.07, 6.45) is 0. The van der Waals surface area contributed by atoms with Crippen molar-refractivity contribution in [2.75, 3.05) is 0 Å². The fourth-order valence-corrected chi connectivity index (χ4v) is 2.73. The van der Waals surface area contributed by atoms with E-state index in [2.05, 4.69) is 0 Å². The normalized spacial score (nSPS) is 10.6. The number of hydrogen-bond acceptors (Lipinski definition) is 3. The minimum atomic E-state index is -0.790. The van der Waals surface area contributed by atoms with Gasteiger partial charge in [-0.05, 0) is 44.8 Å².